The SMILES string of the molecule is CCCCN(C(=O)N(CCC(F)(F)F)Cc1ccccc1)c1ccc(Cl)nc1. The molecule has 0 saturated heterocycles. The van der Waals surface area contributed by atoms with Gasteiger partial charge in [-0.15, -0.1) is 0 Å². The summed E-state index contributed by atoms with van der Waals surface area (Å²) in [6.45, 7) is 2.05. The predicted molar refractivity (Wildman–Crippen MR) is 104 cm³/mol. The third kappa shape index (κ3) is 7.03. The minimum absolute atomic E-state index is 0.0966. The highest BCUT2D eigenvalue weighted by Gasteiger charge is 2.30. The molecular formula is C20H23ClF3N3O. The number of unbranched alkanes of at least 4 members (excludes halogenated alkanes) is 1. The lowest BCUT2D eigenvalue weighted by Gasteiger charge is -2.31. The Balaban J connectivity index is 2.27. The van der Waals surface area contributed by atoms with E-state index in [0.717, 1.165) is 12.0 Å². The fourth-order valence-electron chi connectivity index (χ4n) is 2.66. The fourth-order valence-corrected chi connectivity index (χ4v) is 2.77. The van der Waals surface area contributed by atoms with Crippen LogP contribution in [0.4, 0.5) is 23.7 Å². The summed E-state index contributed by atoms with van der Waals surface area (Å²) in [5.41, 5.74) is 1.27. The number of urea groups is 1. The molecule has 1 heterocycles. The van der Waals surface area contributed by atoms with Gasteiger partial charge in [-0.25, -0.2) is 9.78 Å². The van der Waals surface area contributed by atoms with Crippen LogP contribution in [0.5, 0.6) is 0 Å². The Morgan fingerprint density at radius 3 is 2.39 bits per heavy atom. The van der Waals surface area contributed by atoms with E-state index in [-0.39, 0.29) is 11.7 Å². The van der Waals surface area contributed by atoms with Crippen LogP contribution in [0.1, 0.15) is 31.7 Å². The lowest BCUT2D eigenvalue weighted by atomic mass is 10.2. The monoisotopic (exact) mass is 413 g/mol. The van der Waals surface area contributed by atoms with E-state index in [2.05, 4.69) is 4.98 Å². The first-order chi connectivity index (χ1) is 13.3. The molecule has 0 N–H and O–H groups in total. The molecule has 0 bridgehead atoms. The van der Waals surface area contributed by atoms with Crippen LogP contribution < -0.4 is 4.90 Å². The summed E-state index contributed by atoms with van der Waals surface area (Å²) in [5.74, 6) is 0. The Hall–Kier alpha value is -2.28. The number of nitrogens with zero attached hydrogens (tertiary/aromatic N) is 3. The number of hydrogen-bond acceptors (Lipinski definition) is 2. The number of aromatic nitrogens is 1. The predicted octanol–water partition coefficient (Wildman–Crippen LogP) is 5.92. The van der Waals surface area contributed by atoms with E-state index >= 15 is 0 Å². The number of carbonyl (C=O) groups excluding carboxylic acids is 1. The Morgan fingerprint density at radius 2 is 1.82 bits per heavy atom. The van der Waals surface area contributed by atoms with E-state index in [1.807, 2.05) is 13.0 Å². The van der Waals surface area contributed by atoms with E-state index in [9.17, 15) is 18.0 Å². The number of benzene rings is 1. The summed E-state index contributed by atoms with van der Waals surface area (Å²) >= 11 is 5.82. The van der Waals surface area contributed by atoms with Crippen molar-refractivity contribution in [1.29, 1.82) is 0 Å². The van der Waals surface area contributed by atoms with E-state index < -0.39 is 25.2 Å². The zero-order valence-electron chi connectivity index (χ0n) is 15.6. The summed E-state index contributed by atoms with van der Waals surface area (Å²) < 4.78 is 38.4. The van der Waals surface area contributed by atoms with Gasteiger partial charge in [0.1, 0.15) is 5.15 Å². The molecule has 0 atom stereocenters. The lowest BCUT2D eigenvalue weighted by molar-refractivity contribution is -0.136. The maximum atomic E-state index is 13.2. The normalized spacial score (nSPS) is 11.3. The maximum Gasteiger partial charge on any atom is 0.390 e. The number of halogens is 4. The number of pyridine rings is 1. The van der Waals surface area contributed by atoms with Gasteiger partial charge >= 0.3 is 12.2 Å². The molecule has 0 aliphatic rings. The van der Waals surface area contributed by atoms with E-state index in [4.69, 9.17) is 11.6 Å². The van der Waals surface area contributed by atoms with Crippen LogP contribution in [-0.2, 0) is 6.54 Å². The summed E-state index contributed by atoms with van der Waals surface area (Å²) in [5, 5.41) is 0.282. The molecule has 2 rings (SSSR count). The Kier molecular flexibility index (Phi) is 8.11. The molecule has 4 nitrogen and oxygen atoms in total. The molecule has 0 radical (unpaired) electrons. The molecule has 8 heteroatoms. The van der Waals surface area contributed by atoms with Gasteiger partial charge < -0.3 is 4.90 Å². The highest BCUT2D eigenvalue weighted by molar-refractivity contribution is 6.29. The second-order valence-electron chi connectivity index (χ2n) is 6.40. The van der Waals surface area contributed by atoms with E-state index in [0.29, 0.717) is 18.7 Å². The minimum atomic E-state index is -4.34. The zero-order chi connectivity index (χ0) is 20.6. The minimum Gasteiger partial charge on any atom is -0.320 e. The summed E-state index contributed by atoms with van der Waals surface area (Å²) in [6, 6.07) is 11.7. The molecular weight excluding hydrogens is 391 g/mol. The second kappa shape index (κ2) is 10.3. The molecule has 1 aromatic carbocycles. The van der Waals surface area contributed by atoms with Crippen LogP contribution in [0.25, 0.3) is 0 Å². The molecule has 2 aromatic rings. The van der Waals surface area contributed by atoms with Crippen LogP contribution in [0.3, 0.4) is 0 Å². The van der Waals surface area contributed by atoms with Crippen LogP contribution in [0, 0.1) is 0 Å². The van der Waals surface area contributed by atoms with Crippen LogP contribution >= 0.6 is 11.6 Å². The van der Waals surface area contributed by atoms with Gasteiger partial charge in [-0.2, -0.15) is 13.2 Å². The van der Waals surface area contributed by atoms with Gasteiger partial charge in [0.05, 0.1) is 18.3 Å². The van der Waals surface area contributed by atoms with Crippen molar-refractivity contribution in [2.45, 2.75) is 38.9 Å². The zero-order valence-corrected chi connectivity index (χ0v) is 16.4. The first kappa shape index (κ1) is 22.0. The molecule has 28 heavy (non-hydrogen) atoms. The Morgan fingerprint density at radius 1 is 1.11 bits per heavy atom. The van der Waals surface area contributed by atoms with Crippen LogP contribution in [-0.4, -0.2) is 35.2 Å². The average Bonchev–Trinajstić information content (AvgIpc) is 2.66. The first-order valence-corrected chi connectivity index (χ1v) is 9.46. The van der Waals surface area contributed by atoms with Gasteiger partial charge in [0.2, 0.25) is 0 Å². The fraction of sp³-hybridized carbons (Fsp3) is 0.400. The number of amides is 2. The number of anilines is 1. The highest BCUT2D eigenvalue weighted by Crippen LogP contribution is 2.23. The smallest absolute Gasteiger partial charge is 0.320 e. The average molecular weight is 414 g/mol. The number of rotatable bonds is 8. The standard InChI is InChI=1S/C20H23ClF3N3O/c1-2-3-12-27(17-9-10-18(21)25-14-17)19(28)26(13-11-20(22,23)24)15-16-7-5-4-6-8-16/h4-10,14H,2-3,11-13,15H2,1H3. The van der Waals surface area contributed by atoms with Crippen molar-refractivity contribution in [2.75, 3.05) is 18.0 Å². The number of hydrogen-bond donors (Lipinski definition) is 0. The Bertz CT molecular complexity index is 739. The van der Waals surface area contributed by atoms with Crippen molar-refractivity contribution in [3.63, 3.8) is 0 Å². The maximum absolute atomic E-state index is 13.2. The Labute approximate surface area is 167 Å². The molecule has 0 aliphatic carbocycles. The lowest BCUT2D eigenvalue weighted by Crippen LogP contribution is -2.44. The molecule has 0 fully saturated rings. The van der Waals surface area contributed by atoms with Crippen molar-refractivity contribution in [3.8, 4) is 0 Å². The molecule has 0 saturated carbocycles. The van der Waals surface area contributed by atoms with Crippen molar-refractivity contribution < 1.29 is 18.0 Å². The third-order valence-corrected chi connectivity index (χ3v) is 4.37. The van der Waals surface area contributed by atoms with Gasteiger partial charge in [0.25, 0.3) is 0 Å². The van der Waals surface area contributed by atoms with Crippen molar-refractivity contribution in [3.05, 3.63) is 59.4 Å². The largest absolute Gasteiger partial charge is 0.390 e. The molecule has 0 spiro atoms. The topological polar surface area (TPSA) is 36.4 Å². The molecule has 152 valence electrons. The summed E-state index contributed by atoms with van der Waals surface area (Å²) in [4.78, 5) is 19.9. The van der Waals surface area contributed by atoms with Crippen LogP contribution in [0.2, 0.25) is 5.15 Å². The number of alkyl halides is 3. The van der Waals surface area contributed by atoms with E-state index in [1.165, 1.54) is 16.0 Å². The third-order valence-electron chi connectivity index (χ3n) is 4.14. The van der Waals surface area contributed by atoms with Crippen molar-refractivity contribution in [2.24, 2.45) is 0 Å². The van der Waals surface area contributed by atoms with Crippen LogP contribution in [0.15, 0.2) is 48.7 Å². The quantitative estimate of drug-likeness (QED) is 0.504. The molecule has 0 aliphatic heterocycles. The van der Waals surface area contributed by atoms with Crippen molar-refractivity contribution >= 4 is 23.3 Å². The molecule has 0 unspecified atom stereocenters. The van der Waals surface area contributed by atoms with Gasteiger partial charge in [0.15, 0.2) is 0 Å². The molecule has 2 amide bonds. The van der Waals surface area contributed by atoms with Gasteiger partial charge in [-0.05, 0) is 24.1 Å². The van der Waals surface area contributed by atoms with Gasteiger partial charge in [-0.1, -0.05) is 55.3 Å². The summed E-state index contributed by atoms with van der Waals surface area (Å²) in [6.07, 6.45) is -2.39. The van der Waals surface area contributed by atoms with E-state index in [1.54, 1.807) is 36.4 Å². The van der Waals surface area contributed by atoms with Gasteiger partial charge in [-0.3, -0.25) is 4.90 Å². The first-order valence-electron chi connectivity index (χ1n) is 9.09. The van der Waals surface area contributed by atoms with Gasteiger partial charge in [0, 0.05) is 19.6 Å². The second-order valence-corrected chi connectivity index (χ2v) is 6.79. The number of carbonyl (C=O) groups is 1. The molecule has 1 aromatic heterocycles. The summed E-state index contributed by atoms with van der Waals surface area (Å²) in [7, 11) is 0. The highest BCUT2D eigenvalue weighted by atomic mass is 35.5. The van der Waals surface area contributed by atoms with Crippen molar-refractivity contribution in [1.82, 2.24) is 9.88 Å².